The van der Waals surface area contributed by atoms with E-state index in [4.69, 9.17) is 0 Å². The largest absolute Gasteiger partial charge is 0.354 e. The molecule has 1 aliphatic rings. The number of anilines is 1. The second-order valence-corrected chi connectivity index (χ2v) is 6.86. The van der Waals surface area contributed by atoms with Crippen LogP contribution in [0.1, 0.15) is 23.5 Å². The van der Waals surface area contributed by atoms with Crippen LogP contribution in [-0.4, -0.2) is 60.6 Å². The minimum Gasteiger partial charge on any atom is -0.354 e. The van der Waals surface area contributed by atoms with Crippen molar-refractivity contribution in [2.45, 2.75) is 19.9 Å². The van der Waals surface area contributed by atoms with Gasteiger partial charge in [-0.1, -0.05) is 0 Å². The zero-order valence-corrected chi connectivity index (χ0v) is 15.8. The van der Waals surface area contributed by atoms with Gasteiger partial charge in [0.15, 0.2) is 5.82 Å². The molecule has 0 saturated carbocycles. The molecule has 0 bridgehead atoms. The first-order chi connectivity index (χ1) is 13.5. The van der Waals surface area contributed by atoms with E-state index in [9.17, 15) is 8.78 Å². The Balaban J connectivity index is 1.43. The fourth-order valence-electron chi connectivity index (χ4n) is 3.46. The number of alkyl halides is 2. The molecule has 0 aliphatic carbocycles. The van der Waals surface area contributed by atoms with Gasteiger partial charge in [-0.25, -0.2) is 23.4 Å². The standard InChI is InChI=1S/C18H22F2N8/c1-13-22-15(10-16(23-13)28-5-3-4-21-28)27-8-6-26(7-9-27)12-14-11-25(2)24-17(14)18(19)20/h3-5,10-11,18H,6-9,12H2,1-2H3. The lowest BCUT2D eigenvalue weighted by molar-refractivity contribution is 0.142. The van der Waals surface area contributed by atoms with Gasteiger partial charge in [0.25, 0.3) is 6.43 Å². The fraction of sp³-hybridized carbons (Fsp3) is 0.444. The highest BCUT2D eigenvalue weighted by molar-refractivity contribution is 5.44. The first-order valence-electron chi connectivity index (χ1n) is 9.13. The number of hydrogen-bond donors (Lipinski definition) is 0. The highest BCUT2D eigenvalue weighted by atomic mass is 19.3. The molecule has 148 valence electrons. The zero-order valence-electron chi connectivity index (χ0n) is 15.8. The van der Waals surface area contributed by atoms with Gasteiger partial charge in [-0.15, -0.1) is 0 Å². The Hall–Kier alpha value is -2.88. The predicted molar refractivity (Wildman–Crippen MR) is 99.5 cm³/mol. The van der Waals surface area contributed by atoms with Crippen molar-refractivity contribution in [3.8, 4) is 5.82 Å². The number of hydrogen-bond acceptors (Lipinski definition) is 6. The monoisotopic (exact) mass is 388 g/mol. The number of rotatable bonds is 5. The van der Waals surface area contributed by atoms with E-state index in [0.717, 1.165) is 37.8 Å². The maximum atomic E-state index is 13.1. The smallest absolute Gasteiger partial charge is 0.282 e. The summed E-state index contributed by atoms with van der Waals surface area (Å²) in [5, 5.41) is 8.11. The highest BCUT2D eigenvalue weighted by Gasteiger charge is 2.23. The molecule has 3 aromatic rings. The molecule has 0 atom stereocenters. The summed E-state index contributed by atoms with van der Waals surface area (Å²) in [4.78, 5) is 13.4. The van der Waals surface area contributed by atoms with Gasteiger partial charge in [-0.3, -0.25) is 9.58 Å². The van der Waals surface area contributed by atoms with Crippen molar-refractivity contribution in [3.05, 3.63) is 47.8 Å². The van der Waals surface area contributed by atoms with Gasteiger partial charge < -0.3 is 4.90 Å². The molecule has 4 rings (SSSR count). The van der Waals surface area contributed by atoms with E-state index in [2.05, 4.69) is 30.0 Å². The molecule has 1 fully saturated rings. The van der Waals surface area contributed by atoms with E-state index < -0.39 is 6.43 Å². The molecule has 28 heavy (non-hydrogen) atoms. The van der Waals surface area contributed by atoms with Crippen LogP contribution in [0.3, 0.4) is 0 Å². The van der Waals surface area contributed by atoms with Crippen LogP contribution in [0, 0.1) is 6.92 Å². The van der Waals surface area contributed by atoms with Gasteiger partial charge in [0.05, 0.1) is 0 Å². The van der Waals surface area contributed by atoms with Crippen LogP contribution in [0.4, 0.5) is 14.6 Å². The highest BCUT2D eigenvalue weighted by Crippen LogP contribution is 2.23. The Morgan fingerprint density at radius 1 is 1.11 bits per heavy atom. The average Bonchev–Trinajstić information content (AvgIpc) is 3.32. The third-order valence-electron chi connectivity index (χ3n) is 4.78. The molecule has 0 amide bonds. The van der Waals surface area contributed by atoms with E-state index >= 15 is 0 Å². The number of aromatic nitrogens is 6. The first-order valence-corrected chi connectivity index (χ1v) is 9.13. The lowest BCUT2D eigenvalue weighted by Gasteiger charge is -2.35. The van der Waals surface area contributed by atoms with Gasteiger partial charge >= 0.3 is 0 Å². The van der Waals surface area contributed by atoms with Crippen molar-refractivity contribution < 1.29 is 8.78 Å². The third kappa shape index (κ3) is 3.86. The molecule has 8 nitrogen and oxygen atoms in total. The SMILES string of the molecule is Cc1nc(N2CCN(Cc3cn(C)nc3C(F)F)CC2)cc(-n2cccn2)n1. The van der Waals surface area contributed by atoms with Gasteiger partial charge in [0.1, 0.15) is 17.3 Å². The van der Waals surface area contributed by atoms with Gasteiger partial charge in [-0.05, 0) is 13.0 Å². The molecular weight excluding hydrogens is 366 g/mol. The van der Waals surface area contributed by atoms with Crippen molar-refractivity contribution in [1.82, 2.24) is 34.4 Å². The van der Waals surface area contributed by atoms with Crippen molar-refractivity contribution in [3.63, 3.8) is 0 Å². The summed E-state index contributed by atoms with van der Waals surface area (Å²) >= 11 is 0. The van der Waals surface area contributed by atoms with Crippen LogP contribution in [0.2, 0.25) is 0 Å². The summed E-state index contributed by atoms with van der Waals surface area (Å²) in [5.74, 6) is 2.27. The maximum absolute atomic E-state index is 13.1. The molecule has 3 aromatic heterocycles. The number of nitrogens with zero attached hydrogens (tertiary/aromatic N) is 8. The van der Waals surface area contributed by atoms with Crippen LogP contribution in [0.25, 0.3) is 5.82 Å². The van der Waals surface area contributed by atoms with Crippen LogP contribution < -0.4 is 4.90 Å². The Kier molecular flexibility index (Phi) is 5.03. The summed E-state index contributed by atoms with van der Waals surface area (Å²) in [5.41, 5.74) is 0.463. The maximum Gasteiger partial charge on any atom is 0.282 e. The Labute approximate surface area is 161 Å². The van der Waals surface area contributed by atoms with Gasteiger partial charge in [0.2, 0.25) is 0 Å². The minimum absolute atomic E-state index is 0.125. The molecule has 10 heteroatoms. The van der Waals surface area contributed by atoms with Crippen LogP contribution in [-0.2, 0) is 13.6 Å². The predicted octanol–water partition coefficient (Wildman–Crippen LogP) is 1.96. The van der Waals surface area contributed by atoms with Gasteiger partial charge in [0, 0.05) is 70.0 Å². The van der Waals surface area contributed by atoms with Gasteiger partial charge in [-0.2, -0.15) is 10.2 Å². The normalized spacial score (nSPS) is 15.5. The lowest BCUT2D eigenvalue weighted by Crippen LogP contribution is -2.46. The molecule has 0 radical (unpaired) electrons. The molecular formula is C18H22F2N8. The summed E-state index contributed by atoms with van der Waals surface area (Å²) in [7, 11) is 1.67. The Morgan fingerprint density at radius 2 is 1.86 bits per heavy atom. The third-order valence-corrected chi connectivity index (χ3v) is 4.78. The summed E-state index contributed by atoms with van der Waals surface area (Å²) < 4.78 is 29.5. The summed E-state index contributed by atoms with van der Waals surface area (Å²) in [6.07, 6.45) is 2.68. The molecule has 0 spiro atoms. The van der Waals surface area contributed by atoms with Crippen molar-refractivity contribution in [1.29, 1.82) is 0 Å². The van der Waals surface area contributed by atoms with E-state index in [1.807, 2.05) is 25.3 Å². The quantitative estimate of drug-likeness (QED) is 0.666. The molecule has 0 aromatic carbocycles. The number of halogens is 2. The van der Waals surface area contributed by atoms with E-state index in [1.54, 1.807) is 24.1 Å². The van der Waals surface area contributed by atoms with E-state index in [0.29, 0.717) is 17.9 Å². The summed E-state index contributed by atoms with van der Waals surface area (Å²) in [6.45, 7) is 5.39. The molecule has 1 aliphatic heterocycles. The number of aryl methyl sites for hydroxylation is 2. The first kappa shape index (κ1) is 18.5. The summed E-state index contributed by atoms with van der Waals surface area (Å²) in [6, 6.07) is 3.77. The van der Waals surface area contributed by atoms with Crippen LogP contribution >= 0.6 is 0 Å². The van der Waals surface area contributed by atoms with Crippen molar-refractivity contribution >= 4 is 5.82 Å². The Morgan fingerprint density at radius 3 is 2.54 bits per heavy atom. The van der Waals surface area contributed by atoms with E-state index in [1.165, 1.54) is 4.68 Å². The van der Waals surface area contributed by atoms with Crippen molar-refractivity contribution in [2.75, 3.05) is 31.1 Å². The zero-order chi connectivity index (χ0) is 19.7. The number of piperazine rings is 1. The molecule has 1 saturated heterocycles. The minimum atomic E-state index is -2.55. The molecule has 4 heterocycles. The molecule has 0 N–H and O–H groups in total. The second-order valence-electron chi connectivity index (χ2n) is 6.86. The van der Waals surface area contributed by atoms with Crippen LogP contribution in [0.15, 0.2) is 30.7 Å². The van der Waals surface area contributed by atoms with E-state index in [-0.39, 0.29) is 5.69 Å². The van der Waals surface area contributed by atoms with Crippen LogP contribution in [0.5, 0.6) is 0 Å². The lowest BCUT2D eigenvalue weighted by atomic mass is 10.2. The molecule has 0 unspecified atom stereocenters. The fourth-order valence-corrected chi connectivity index (χ4v) is 3.46. The second kappa shape index (κ2) is 7.63. The Bertz CT molecular complexity index is 929. The average molecular weight is 388 g/mol. The van der Waals surface area contributed by atoms with Crippen molar-refractivity contribution in [2.24, 2.45) is 7.05 Å². The topological polar surface area (TPSA) is 67.9 Å².